The van der Waals surface area contributed by atoms with Gasteiger partial charge in [0, 0.05) is 18.7 Å². The standard InChI is InChI=1S/C17H24N2O6/c1-5-24-15(20)11-12-6-7-14(19(22)23)10-13(12)8-9-18-16(21)25-17(2,3)4/h6-7,10H,5,8-9,11H2,1-4H3,(H,18,21). The molecule has 1 rings (SSSR count). The van der Waals surface area contributed by atoms with Crippen LogP contribution in [0.3, 0.4) is 0 Å². The van der Waals surface area contributed by atoms with Crippen molar-refractivity contribution in [3.63, 3.8) is 0 Å². The Morgan fingerprint density at radius 2 is 1.92 bits per heavy atom. The van der Waals surface area contributed by atoms with E-state index in [4.69, 9.17) is 9.47 Å². The molecule has 0 radical (unpaired) electrons. The highest BCUT2D eigenvalue weighted by Crippen LogP contribution is 2.19. The smallest absolute Gasteiger partial charge is 0.407 e. The molecule has 1 aromatic carbocycles. The third-order valence-electron chi connectivity index (χ3n) is 3.10. The second kappa shape index (κ2) is 9.00. The van der Waals surface area contributed by atoms with E-state index in [9.17, 15) is 19.7 Å². The summed E-state index contributed by atoms with van der Waals surface area (Å²) in [5.41, 5.74) is 0.568. The molecule has 25 heavy (non-hydrogen) atoms. The molecule has 8 heteroatoms. The molecular formula is C17H24N2O6. The Morgan fingerprint density at radius 3 is 2.48 bits per heavy atom. The molecule has 1 N–H and O–H groups in total. The zero-order valence-corrected chi connectivity index (χ0v) is 15.0. The molecule has 0 heterocycles. The maximum Gasteiger partial charge on any atom is 0.407 e. The molecule has 0 unspecified atom stereocenters. The first kappa shape index (κ1) is 20.4. The number of nitro groups is 1. The van der Waals surface area contributed by atoms with Crippen LogP contribution in [0.2, 0.25) is 0 Å². The van der Waals surface area contributed by atoms with E-state index >= 15 is 0 Å². The average Bonchev–Trinajstić information content (AvgIpc) is 2.46. The summed E-state index contributed by atoms with van der Waals surface area (Å²) in [5.74, 6) is -0.405. The van der Waals surface area contributed by atoms with Crippen molar-refractivity contribution in [2.45, 2.75) is 46.1 Å². The van der Waals surface area contributed by atoms with Crippen molar-refractivity contribution in [3.05, 3.63) is 39.4 Å². The lowest BCUT2D eigenvalue weighted by Crippen LogP contribution is -2.33. The van der Waals surface area contributed by atoms with Crippen LogP contribution in [0.25, 0.3) is 0 Å². The first-order valence-electron chi connectivity index (χ1n) is 8.01. The summed E-state index contributed by atoms with van der Waals surface area (Å²) in [4.78, 5) is 33.8. The van der Waals surface area contributed by atoms with Crippen molar-refractivity contribution >= 4 is 17.7 Å². The molecule has 138 valence electrons. The van der Waals surface area contributed by atoms with Crippen LogP contribution in [0.5, 0.6) is 0 Å². The van der Waals surface area contributed by atoms with Crippen molar-refractivity contribution in [3.8, 4) is 0 Å². The molecule has 0 aliphatic rings. The number of hydrogen-bond donors (Lipinski definition) is 1. The Kier molecular flexibility index (Phi) is 7.35. The van der Waals surface area contributed by atoms with E-state index in [1.807, 2.05) is 0 Å². The number of nitrogens with zero attached hydrogens (tertiary/aromatic N) is 1. The maximum absolute atomic E-state index is 11.7. The molecule has 0 aliphatic heterocycles. The van der Waals surface area contributed by atoms with Gasteiger partial charge < -0.3 is 14.8 Å². The second-order valence-electron chi connectivity index (χ2n) is 6.37. The maximum atomic E-state index is 11.7. The molecule has 0 fully saturated rings. The number of nitrogens with one attached hydrogen (secondary N) is 1. The number of alkyl carbamates (subject to hydrolysis) is 1. The zero-order chi connectivity index (χ0) is 19.0. The Bertz CT molecular complexity index is 637. The van der Waals surface area contributed by atoms with Crippen LogP contribution in [0, 0.1) is 10.1 Å². The van der Waals surface area contributed by atoms with Crippen molar-refractivity contribution in [2.24, 2.45) is 0 Å². The highest BCUT2D eigenvalue weighted by atomic mass is 16.6. The molecule has 0 spiro atoms. The first-order chi connectivity index (χ1) is 11.6. The van der Waals surface area contributed by atoms with Gasteiger partial charge in [0.05, 0.1) is 18.0 Å². The van der Waals surface area contributed by atoms with Crippen LogP contribution < -0.4 is 5.32 Å². The number of benzene rings is 1. The van der Waals surface area contributed by atoms with Crippen LogP contribution in [0.15, 0.2) is 18.2 Å². The minimum atomic E-state index is -0.606. The van der Waals surface area contributed by atoms with Crippen LogP contribution in [0.1, 0.15) is 38.8 Å². The summed E-state index contributed by atoms with van der Waals surface area (Å²) in [6.45, 7) is 7.46. The second-order valence-corrected chi connectivity index (χ2v) is 6.37. The molecule has 1 amide bonds. The summed E-state index contributed by atoms with van der Waals surface area (Å²) < 4.78 is 10.0. The van der Waals surface area contributed by atoms with E-state index in [1.165, 1.54) is 18.2 Å². The quantitative estimate of drug-likeness (QED) is 0.459. The molecule has 0 aromatic heterocycles. The number of amides is 1. The summed E-state index contributed by atoms with van der Waals surface area (Å²) >= 11 is 0. The van der Waals surface area contributed by atoms with Crippen molar-refractivity contribution in [1.29, 1.82) is 0 Å². The van der Waals surface area contributed by atoms with Gasteiger partial charge in [0.1, 0.15) is 5.60 Å². The van der Waals surface area contributed by atoms with E-state index in [2.05, 4.69) is 5.32 Å². The molecule has 0 aliphatic carbocycles. The van der Waals surface area contributed by atoms with Crippen molar-refractivity contribution in [1.82, 2.24) is 5.32 Å². The van der Waals surface area contributed by atoms with Crippen LogP contribution >= 0.6 is 0 Å². The molecule has 1 aromatic rings. The van der Waals surface area contributed by atoms with E-state index in [0.29, 0.717) is 17.5 Å². The Hall–Kier alpha value is -2.64. The summed E-state index contributed by atoms with van der Waals surface area (Å²) in [5, 5.41) is 13.5. The van der Waals surface area contributed by atoms with Gasteiger partial charge in [0.25, 0.3) is 5.69 Å². The third-order valence-corrected chi connectivity index (χ3v) is 3.10. The monoisotopic (exact) mass is 352 g/mol. The topological polar surface area (TPSA) is 108 Å². The van der Waals surface area contributed by atoms with Gasteiger partial charge in [0.15, 0.2) is 0 Å². The Balaban J connectivity index is 2.80. The Labute approximate surface area is 146 Å². The first-order valence-corrected chi connectivity index (χ1v) is 8.01. The largest absolute Gasteiger partial charge is 0.466 e. The van der Waals surface area contributed by atoms with E-state index in [0.717, 1.165) is 0 Å². The van der Waals surface area contributed by atoms with E-state index in [-0.39, 0.29) is 25.3 Å². The number of hydrogen-bond acceptors (Lipinski definition) is 6. The van der Waals surface area contributed by atoms with Gasteiger partial charge in [-0.2, -0.15) is 0 Å². The van der Waals surface area contributed by atoms with Crippen molar-refractivity contribution < 1.29 is 24.0 Å². The number of carbonyl (C=O) groups is 2. The van der Waals surface area contributed by atoms with Crippen LogP contribution in [-0.2, 0) is 27.1 Å². The normalized spacial score (nSPS) is 10.9. The predicted molar refractivity (Wildman–Crippen MR) is 91.4 cm³/mol. The number of carbonyl (C=O) groups excluding carboxylic acids is 2. The number of esters is 1. The van der Waals surface area contributed by atoms with Gasteiger partial charge in [-0.1, -0.05) is 6.07 Å². The zero-order valence-electron chi connectivity index (χ0n) is 15.0. The molecular weight excluding hydrogens is 328 g/mol. The number of ether oxygens (including phenoxy) is 2. The lowest BCUT2D eigenvalue weighted by Gasteiger charge is -2.19. The fraction of sp³-hybridized carbons (Fsp3) is 0.529. The number of rotatable bonds is 7. The van der Waals surface area contributed by atoms with Gasteiger partial charge in [-0.15, -0.1) is 0 Å². The third kappa shape index (κ3) is 7.65. The summed E-state index contributed by atoms with van der Waals surface area (Å²) in [7, 11) is 0. The molecule has 0 saturated heterocycles. The minimum Gasteiger partial charge on any atom is -0.466 e. The average molecular weight is 352 g/mol. The van der Waals surface area contributed by atoms with Gasteiger partial charge in [-0.05, 0) is 45.2 Å². The lowest BCUT2D eigenvalue weighted by molar-refractivity contribution is -0.384. The van der Waals surface area contributed by atoms with Gasteiger partial charge in [0.2, 0.25) is 0 Å². The lowest BCUT2D eigenvalue weighted by atomic mass is 10.0. The minimum absolute atomic E-state index is 0.0214. The van der Waals surface area contributed by atoms with Gasteiger partial charge >= 0.3 is 12.1 Å². The molecule has 0 saturated carbocycles. The molecule has 8 nitrogen and oxygen atoms in total. The highest BCUT2D eigenvalue weighted by Gasteiger charge is 2.17. The predicted octanol–water partition coefficient (Wildman–Crippen LogP) is 2.77. The Morgan fingerprint density at radius 1 is 1.24 bits per heavy atom. The summed E-state index contributed by atoms with van der Waals surface area (Å²) in [6.07, 6.45) is -0.214. The molecule has 0 atom stereocenters. The fourth-order valence-electron chi connectivity index (χ4n) is 2.11. The molecule has 0 bridgehead atoms. The highest BCUT2D eigenvalue weighted by molar-refractivity contribution is 5.73. The SMILES string of the molecule is CCOC(=O)Cc1ccc([N+](=O)[O-])cc1CCNC(=O)OC(C)(C)C. The fourth-order valence-corrected chi connectivity index (χ4v) is 2.11. The number of nitro benzene ring substituents is 1. The van der Waals surface area contributed by atoms with Crippen molar-refractivity contribution in [2.75, 3.05) is 13.2 Å². The van der Waals surface area contributed by atoms with E-state index in [1.54, 1.807) is 27.7 Å². The van der Waals surface area contributed by atoms with Crippen LogP contribution in [-0.4, -0.2) is 35.7 Å². The van der Waals surface area contributed by atoms with E-state index < -0.39 is 22.6 Å². The van der Waals surface area contributed by atoms with Gasteiger partial charge in [-0.25, -0.2) is 4.79 Å². The van der Waals surface area contributed by atoms with Gasteiger partial charge in [-0.3, -0.25) is 14.9 Å². The number of non-ortho nitro benzene ring substituents is 1. The summed E-state index contributed by atoms with van der Waals surface area (Å²) in [6, 6.07) is 4.29. The van der Waals surface area contributed by atoms with Crippen LogP contribution in [0.4, 0.5) is 10.5 Å².